The van der Waals surface area contributed by atoms with Crippen molar-refractivity contribution in [3.05, 3.63) is 41.2 Å². The minimum atomic E-state index is -4.49. The standard InChI is InChI=1S/C23H30F3N5O2/c1-22(2,3)18(21(33)27-4)29-20(32)17-16-13-30(5)10-7-11-31(16)19(28-17)14-8-6-9-15(12-14)23(24,25)26/h6,8-9,12,18H,7,10-11,13H2,1-5H3,(H,27,33)(H,29,32). The number of amides is 2. The summed E-state index contributed by atoms with van der Waals surface area (Å²) in [5.74, 6) is -0.559. The fourth-order valence-corrected chi connectivity index (χ4v) is 3.98. The van der Waals surface area contributed by atoms with Gasteiger partial charge in [0.25, 0.3) is 5.91 Å². The average molecular weight is 466 g/mol. The lowest BCUT2D eigenvalue weighted by Gasteiger charge is -2.29. The molecule has 1 aliphatic rings. The highest BCUT2D eigenvalue weighted by molar-refractivity contribution is 5.97. The fraction of sp³-hybridized carbons (Fsp3) is 0.522. The second-order valence-corrected chi connectivity index (χ2v) is 9.44. The molecule has 0 aliphatic carbocycles. The molecule has 1 unspecified atom stereocenters. The molecule has 1 atom stereocenters. The van der Waals surface area contributed by atoms with Crippen LogP contribution in [-0.4, -0.2) is 52.9 Å². The molecule has 33 heavy (non-hydrogen) atoms. The Hall–Kier alpha value is -2.88. The van der Waals surface area contributed by atoms with Gasteiger partial charge >= 0.3 is 6.18 Å². The summed E-state index contributed by atoms with van der Waals surface area (Å²) < 4.78 is 41.7. The van der Waals surface area contributed by atoms with E-state index in [1.54, 1.807) is 6.07 Å². The molecule has 1 aliphatic heterocycles. The fourth-order valence-electron chi connectivity index (χ4n) is 3.98. The van der Waals surface area contributed by atoms with Crippen molar-refractivity contribution in [1.29, 1.82) is 0 Å². The normalized spacial score (nSPS) is 16.0. The number of alkyl halides is 3. The van der Waals surface area contributed by atoms with Crippen LogP contribution in [0.15, 0.2) is 24.3 Å². The van der Waals surface area contributed by atoms with E-state index >= 15 is 0 Å². The van der Waals surface area contributed by atoms with Crippen molar-refractivity contribution < 1.29 is 22.8 Å². The maximum absolute atomic E-state index is 13.3. The zero-order valence-corrected chi connectivity index (χ0v) is 19.5. The molecule has 0 saturated carbocycles. The van der Waals surface area contributed by atoms with Gasteiger partial charge in [0.2, 0.25) is 5.91 Å². The summed E-state index contributed by atoms with van der Waals surface area (Å²) in [7, 11) is 3.41. The van der Waals surface area contributed by atoms with Gasteiger partial charge in [0.1, 0.15) is 11.9 Å². The van der Waals surface area contributed by atoms with Crippen molar-refractivity contribution in [3.63, 3.8) is 0 Å². The largest absolute Gasteiger partial charge is 0.416 e. The molecule has 0 bridgehead atoms. The molecule has 1 aromatic carbocycles. The lowest BCUT2D eigenvalue weighted by atomic mass is 9.86. The molecule has 2 amide bonds. The first-order valence-electron chi connectivity index (χ1n) is 10.8. The van der Waals surface area contributed by atoms with Crippen LogP contribution in [0.25, 0.3) is 11.4 Å². The average Bonchev–Trinajstić information content (AvgIpc) is 2.96. The van der Waals surface area contributed by atoms with E-state index in [9.17, 15) is 22.8 Å². The van der Waals surface area contributed by atoms with Gasteiger partial charge in [-0.3, -0.25) is 9.59 Å². The molecule has 0 spiro atoms. The van der Waals surface area contributed by atoms with Gasteiger partial charge in [-0.05, 0) is 37.6 Å². The molecule has 180 valence electrons. The van der Waals surface area contributed by atoms with E-state index in [0.717, 1.165) is 25.1 Å². The van der Waals surface area contributed by atoms with Crippen molar-refractivity contribution in [1.82, 2.24) is 25.1 Å². The summed E-state index contributed by atoms with van der Waals surface area (Å²) in [5.41, 5.74) is -0.318. The zero-order valence-electron chi connectivity index (χ0n) is 19.5. The zero-order chi connectivity index (χ0) is 24.6. The molecule has 2 N–H and O–H groups in total. The molecule has 1 aromatic heterocycles. The molecule has 0 radical (unpaired) electrons. The predicted octanol–water partition coefficient (Wildman–Crippen LogP) is 3.29. The first-order valence-corrected chi connectivity index (χ1v) is 10.8. The van der Waals surface area contributed by atoms with Crippen LogP contribution in [0.1, 0.15) is 48.9 Å². The highest BCUT2D eigenvalue weighted by Gasteiger charge is 2.35. The number of aromatic nitrogens is 2. The maximum atomic E-state index is 13.3. The highest BCUT2D eigenvalue weighted by atomic mass is 19.4. The Kier molecular flexibility index (Phi) is 6.88. The maximum Gasteiger partial charge on any atom is 0.416 e. The van der Waals surface area contributed by atoms with Crippen molar-refractivity contribution in [3.8, 4) is 11.4 Å². The molecule has 7 nitrogen and oxygen atoms in total. The second-order valence-electron chi connectivity index (χ2n) is 9.44. The number of imidazole rings is 1. The Morgan fingerprint density at radius 3 is 2.45 bits per heavy atom. The first kappa shape index (κ1) is 24.8. The van der Waals surface area contributed by atoms with Crippen LogP contribution in [0, 0.1) is 5.41 Å². The Labute approximate surface area is 191 Å². The van der Waals surface area contributed by atoms with Gasteiger partial charge in [-0.25, -0.2) is 4.98 Å². The molecule has 0 saturated heterocycles. The third-order valence-corrected chi connectivity index (χ3v) is 5.73. The van der Waals surface area contributed by atoms with Crippen LogP contribution < -0.4 is 10.6 Å². The Morgan fingerprint density at radius 1 is 1.15 bits per heavy atom. The second kappa shape index (κ2) is 9.17. The predicted molar refractivity (Wildman–Crippen MR) is 118 cm³/mol. The highest BCUT2D eigenvalue weighted by Crippen LogP contribution is 2.33. The molecule has 2 aromatic rings. The van der Waals surface area contributed by atoms with E-state index in [1.165, 1.54) is 13.1 Å². The number of nitrogens with zero attached hydrogens (tertiary/aromatic N) is 3. The van der Waals surface area contributed by atoms with E-state index in [-0.39, 0.29) is 17.2 Å². The number of carbonyl (C=O) groups excluding carboxylic acids is 2. The van der Waals surface area contributed by atoms with Gasteiger partial charge < -0.3 is 20.1 Å². The quantitative estimate of drug-likeness (QED) is 0.726. The van der Waals surface area contributed by atoms with E-state index in [1.807, 2.05) is 37.3 Å². The van der Waals surface area contributed by atoms with E-state index in [4.69, 9.17) is 0 Å². The minimum absolute atomic E-state index is 0.120. The van der Waals surface area contributed by atoms with Gasteiger partial charge in [0, 0.05) is 25.7 Å². The van der Waals surface area contributed by atoms with E-state index in [2.05, 4.69) is 15.6 Å². The number of halogens is 3. The summed E-state index contributed by atoms with van der Waals surface area (Å²) in [6, 6.07) is 4.14. The van der Waals surface area contributed by atoms with Crippen LogP contribution in [0.2, 0.25) is 0 Å². The van der Waals surface area contributed by atoms with Gasteiger partial charge in [0.15, 0.2) is 5.69 Å². The number of benzene rings is 1. The van der Waals surface area contributed by atoms with Gasteiger partial charge in [0.05, 0.1) is 11.3 Å². The third kappa shape index (κ3) is 5.38. The smallest absolute Gasteiger partial charge is 0.357 e. The summed E-state index contributed by atoms with van der Waals surface area (Å²) in [6.07, 6.45) is -3.73. The lowest BCUT2D eigenvalue weighted by Crippen LogP contribution is -2.53. The van der Waals surface area contributed by atoms with Crippen LogP contribution in [0.4, 0.5) is 13.2 Å². The SMILES string of the molecule is CNC(=O)C(NC(=O)c1nc(-c2cccc(C(F)(F)F)c2)n2c1CN(C)CCC2)C(C)(C)C. The Morgan fingerprint density at radius 2 is 1.85 bits per heavy atom. The molecular formula is C23H30F3N5O2. The van der Waals surface area contributed by atoms with Crippen LogP contribution >= 0.6 is 0 Å². The number of nitrogens with one attached hydrogen (secondary N) is 2. The van der Waals surface area contributed by atoms with Gasteiger partial charge in [-0.15, -0.1) is 0 Å². The molecular weight excluding hydrogens is 435 g/mol. The lowest BCUT2D eigenvalue weighted by molar-refractivity contribution is -0.137. The summed E-state index contributed by atoms with van der Waals surface area (Å²) in [6.45, 7) is 7.21. The summed E-state index contributed by atoms with van der Waals surface area (Å²) in [4.78, 5) is 32.3. The van der Waals surface area contributed by atoms with Crippen molar-refractivity contribution in [2.24, 2.45) is 5.41 Å². The van der Waals surface area contributed by atoms with Crippen molar-refractivity contribution >= 4 is 11.8 Å². The third-order valence-electron chi connectivity index (χ3n) is 5.73. The molecule has 3 rings (SSSR count). The van der Waals surface area contributed by atoms with Crippen LogP contribution in [0.5, 0.6) is 0 Å². The summed E-state index contributed by atoms with van der Waals surface area (Å²) in [5, 5.41) is 5.35. The van der Waals surface area contributed by atoms with Crippen LogP contribution in [0.3, 0.4) is 0 Å². The number of hydrogen-bond acceptors (Lipinski definition) is 4. The molecule has 0 fully saturated rings. The van der Waals surface area contributed by atoms with Crippen LogP contribution in [-0.2, 0) is 24.1 Å². The Bertz CT molecular complexity index is 1040. The van der Waals surface area contributed by atoms with Gasteiger partial charge in [-0.1, -0.05) is 32.9 Å². The summed E-state index contributed by atoms with van der Waals surface area (Å²) >= 11 is 0. The number of hydrogen-bond donors (Lipinski definition) is 2. The minimum Gasteiger partial charge on any atom is -0.357 e. The molecule has 10 heteroatoms. The van der Waals surface area contributed by atoms with E-state index in [0.29, 0.717) is 24.6 Å². The number of rotatable bonds is 4. The Balaban J connectivity index is 2.09. The number of likely N-dealkylation sites (N-methyl/N-ethyl adjacent to an activating group) is 1. The number of fused-ring (bicyclic) bond motifs is 1. The molecule has 2 heterocycles. The topological polar surface area (TPSA) is 79.3 Å². The van der Waals surface area contributed by atoms with Gasteiger partial charge in [-0.2, -0.15) is 13.2 Å². The number of carbonyl (C=O) groups is 2. The van der Waals surface area contributed by atoms with E-state index < -0.39 is 29.1 Å². The van der Waals surface area contributed by atoms with Crippen molar-refractivity contribution in [2.45, 2.75) is 52.5 Å². The first-order chi connectivity index (χ1) is 15.3. The van der Waals surface area contributed by atoms with Crippen molar-refractivity contribution in [2.75, 3.05) is 20.6 Å². The monoisotopic (exact) mass is 465 g/mol.